The number of rotatable bonds is 1. The van der Waals surface area contributed by atoms with Gasteiger partial charge in [-0.2, -0.15) is 5.26 Å². The van der Waals surface area contributed by atoms with Crippen LogP contribution in [0.2, 0.25) is 0 Å². The van der Waals surface area contributed by atoms with Crippen molar-refractivity contribution in [3.63, 3.8) is 0 Å². The number of hydrogen-bond donors (Lipinski definition) is 2. The summed E-state index contributed by atoms with van der Waals surface area (Å²) < 4.78 is 0. The lowest BCUT2D eigenvalue weighted by atomic mass is 9.35. The first-order valence-corrected chi connectivity index (χ1v) is 14.5. The van der Waals surface area contributed by atoms with E-state index in [-0.39, 0.29) is 56.7 Å². The number of carbonyl (C=O) groups excluding carboxylic acids is 2. The normalized spacial score (nSPS) is 45.3. The zero-order valence-electron chi connectivity index (χ0n) is 24.6. The number of hydrogen-bond acceptors (Lipinski definition) is 4. The minimum atomic E-state index is -0.645. The van der Waals surface area contributed by atoms with Gasteiger partial charge in [-0.15, -0.1) is 0 Å². The number of allylic oxidation sites excluding steroid dienone is 4. The summed E-state index contributed by atoms with van der Waals surface area (Å²) in [5.41, 5.74) is 6.01. The van der Waals surface area contributed by atoms with Gasteiger partial charge in [0.15, 0.2) is 17.5 Å². The molecule has 0 amide bonds. The van der Waals surface area contributed by atoms with Crippen LogP contribution in [-0.4, -0.2) is 30.1 Å². The van der Waals surface area contributed by atoms with Gasteiger partial charge in [-0.3, -0.25) is 14.6 Å². The van der Waals surface area contributed by atoms with Crippen molar-refractivity contribution in [2.24, 2.45) is 55.6 Å². The lowest BCUT2D eigenvalue weighted by Gasteiger charge is -2.69. The largest absolute Gasteiger partial charge is 0.370 e. The smallest absolute Gasteiger partial charge is 0.188 e. The van der Waals surface area contributed by atoms with Gasteiger partial charge in [-0.1, -0.05) is 60.1 Å². The second-order valence-electron chi connectivity index (χ2n) is 15.1. The molecule has 3 fully saturated rings. The maximum atomic E-state index is 14.5. The number of ketones is 2. The molecule has 0 aliphatic heterocycles. The van der Waals surface area contributed by atoms with E-state index < -0.39 is 10.8 Å². The van der Waals surface area contributed by atoms with E-state index in [4.69, 9.17) is 5.73 Å². The van der Waals surface area contributed by atoms with Crippen molar-refractivity contribution in [2.75, 3.05) is 7.05 Å². The molecule has 0 unspecified atom stereocenters. The fourth-order valence-electron chi connectivity index (χ4n) is 10.2. The van der Waals surface area contributed by atoms with Crippen molar-refractivity contribution in [1.82, 2.24) is 5.32 Å². The van der Waals surface area contributed by atoms with Crippen LogP contribution in [0.3, 0.4) is 0 Å². The molecule has 0 aromatic carbocycles. The van der Waals surface area contributed by atoms with E-state index >= 15 is 0 Å². The lowest BCUT2D eigenvalue weighted by Crippen LogP contribution is -2.70. The third kappa shape index (κ3) is 3.32. The Morgan fingerprint density at radius 3 is 2.34 bits per heavy atom. The number of Topliss-reactive ketones (excluding diaryl/α,β-unsaturated/α-hetero) is 1. The van der Waals surface area contributed by atoms with Gasteiger partial charge < -0.3 is 11.1 Å². The molecule has 0 bridgehead atoms. The molecule has 6 heteroatoms. The Morgan fingerprint density at radius 2 is 1.71 bits per heavy atom. The van der Waals surface area contributed by atoms with Crippen LogP contribution < -0.4 is 11.1 Å². The summed E-state index contributed by atoms with van der Waals surface area (Å²) in [7, 11) is 1.72. The Balaban J connectivity index is 1.68. The van der Waals surface area contributed by atoms with E-state index in [9.17, 15) is 14.9 Å². The number of fused-ring (bicyclic) bond motifs is 7. The molecular weight excluding hydrogens is 472 g/mol. The molecule has 5 aliphatic rings. The molecule has 0 aromatic rings. The standard InChI is InChI=1S/C32H46N4O2/c1-27(2)11-13-32(36-26(34)35-8)14-12-31(7)24(20(32)17-27)21(37)15-23-29(5)16-19(18-33)25(38)28(3,4)22(29)9-10-30(23,31)6/h15-16,20,22,24H,9-14,17H2,1-8H3,(H3,34,35,36)/t20-,22-,24-,29-,30+,31+,32-/m0/s1. The summed E-state index contributed by atoms with van der Waals surface area (Å²) in [6.07, 6.45) is 10.7. The molecule has 0 spiro atoms. The highest BCUT2D eigenvalue weighted by Gasteiger charge is 2.69. The van der Waals surface area contributed by atoms with Gasteiger partial charge >= 0.3 is 0 Å². The average molecular weight is 519 g/mol. The molecule has 5 aliphatic carbocycles. The van der Waals surface area contributed by atoms with Crippen LogP contribution in [0.25, 0.3) is 0 Å². The van der Waals surface area contributed by atoms with Crippen LogP contribution in [-0.2, 0) is 9.59 Å². The Kier molecular flexibility index (Phi) is 5.76. The van der Waals surface area contributed by atoms with E-state index in [1.807, 2.05) is 26.0 Å². The first-order chi connectivity index (χ1) is 17.5. The number of aliphatic imine (C=N–C) groups is 1. The molecule has 3 saturated carbocycles. The topological polar surface area (TPSA) is 108 Å². The average Bonchev–Trinajstić information content (AvgIpc) is 2.83. The molecule has 0 aromatic heterocycles. The molecule has 6 nitrogen and oxygen atoms in total. The maximum absolute atomic E-state index is 14.5. The second-order valence-corrected chi connectivity index (χ2v) is 15.1. The first-order valence-electron chi connectivity index (χ1n) is 14.5. The van der Waals surface area contributed by atoms with Gasteiger partial charge in [-0.05, 0) is 79.1 Å². The maximum Gasteiger partial charge on any atom is 0.188 e. The number of guanidine groups is 1. The minimum absolute atomic E-state index is 0.0606. The quantitative estimate of drug-likeness (QED) is 0.352. The Bertz CT molecular complexity index is 1230. The van der Waals surface area contributed by atoms with Gasteiger partial charge in [0.05, 0.1) is 5.57 Å². The predicted molar refractivity (Wildman–Crippen MR) is 150 cm³/mol. The van der Waals surface area contributed by atoms with E-state index in [0.29, 0.717) is 5.96 Å². The van der Waals surface area contributed by atoms with Crippen molar-refractivity contribution in [1.29, 1.82) is 5.26 Å². The second kappa shape index (κ2) is 8.05. The fourth-order valence-corrected chi connectivity index (χ4v) is 10.2. The molecule has 38 heavy (non-hydrogen) atoms. The summed E-state index contributed by atoms with van der Waals surface area (Å²) in [6.45, 7) is 15.6. The lowest BCUT2D eigenvalue weighted by molar-refractivity contribution is -0.160. The monoisotopic (exact) mass is 518 g/mol. The molecule has 0 radical (unpaired) electrons. The van der Waals surface area contributed by atoms with Crippen LogP contribution in [0, 0.1) is 56.2 Å². The van der Waals surface area contributed by atoms with Crippen molar-refractivity contribution in [2.45, 2.75) is 99.0 Å². The number of nitrogens with zero attached hydrogens (tertiary/aromatic N) is 2. The van der Waals surface area contributed by atoms with Crippen LogP contribution >= 0.6 is 0 Å². The van der Waals surface area contributed by atoms with Crippen LogP contribution in [0.5, 0.6) is 0 Å². The Labute approximate surface area is 228 Å². The summed E-state index contributed by atoms with van der Waals surface area (Å²) in [6, 6.07) is 2.20. The van der Waals surface area contributed by atoms with Crippen LogP contribution in [0.1, 0.15) is 93.4 Å². The Hall–Kier alpha value is -2.42. The molecular formula is C32H46N4O2. The van der Waals surface area contributed by atoms with Gasteiger partial charge in [0.1, 0.15) is 6.07 Å². The number of nitrogens with two attached hydrogens (primary N) is 1. The zero-order valence-corrected chi connectivity index (χ0v) is 24.6. The molecule has 7 atom stereocenters. The summed E-state index contributed by atoms with van der Waals surface area (Å²) in [5, 5.41) is 13.5. The summed E-state index contributed by atoms with van der Waals surface area (Å²) >= 11 is 0. The van der Waals surface area contributed by atoms with Gasteiger partial charge in [0.2, 0.25) is 0 Å². The molecule has 0 saturated heterocycles. The Morgan fingerprint density at radius 1 is 1.05 bits per heavy atom. The number of nitriles is 1. The van der Waals surface area contributed by atoms with E-state index in [2.05, 4.69) is 51.0 Å². The van der Waals surface area contributed by atoms with E-state index in [1.165, 1.54) is 0 Å². The van der Waals surface area contributed by atoms with Gasteiger partial charge in [0, 0.05) is 29.3 Å². The molecule has 5 rings (SSSR count). The van der Waals surface area contributed by atoms with Gasteiger partial charge in [-0.25, -0.2) is 0 Å². The third-order valence-corrected chi connectivity index (χ3v) is 12.5. The fraction of sp³-hybridized carbons (Fsp3) is 0.750. The van der Waals surface area contributed by atoms with Crippen molar-refractivity contribution < 1.29 is 9.59 Å². The predicted octanol–water partition coefficient (Wildman–Crippen LogP) is 5.49. The summed E-state index contributed by atoms with van der Waals surface area (Å²) in [4.78, 5) is 31.9. The summed E-state index contributed by atoms with van der Waals surface area (Å²) in [5.74, 6) is 0.716. The van der Waals surface area contributed by atoms with Gasteiger partial charge in [0.25, 0.3) is 0 Å². The first kappa shape index (κ1) is 27.2. The van der Waals surface area contributed by atoms with Crippen molar-refractivity contribution in [3.05, 3.63) is 23.3 Å². The molecule has 0 heterocycles. The van der Waals surface area contributed by atoms with Crippen molar-refractivity contribution in [3.8, 4) is 6.07 Å². The zero-order chi connectivity index (χ0) is 28.1. The van der Waals surface area contributed by atoms with Crippen molar-refractivity contribution >= 4 is 17.5 Å². The molecule has 206 valence electrons. The highest BCUT2D eigenvalue weighted by Crippen LogP contribution is 2.73. The third-order valence-electron chi connectivity index (χ3n) is 12.5. The van der Waals surface area contributed by atoms with E-state index in [1.54, 1.807) is 7.05 Å². The SMILES string of the molecule is CN=C(N)N[C@]12CCC(C)(C)C[C@H]1[C@H]1C(=O)C=C3[C@@]4(C)C=C(C#N)C(=O)C(C)(C)[C@@H]4CC[C@@]3(C)[C@]1(C)CC2. The number of carbonyl (C=O) groups is 2. The van der Waals surface area contributed by atoms with E-state index in [0.717, 1.165) is 50.5 Å². The number of nitrogens with one attached hydrogen (secondary N) is 1. The van der Waals surface area contributed by atoms with Crippen LogP contribution in [0.4, 0.5) is 0 Å². The minimum Gasteiger partial charge on any atom is -0.370 e. The molecule has 3 N–H and O–H groups in total. The highest BCUT2D eigenvalue weighted by atomic mass is 16.1. The highest BCUT2D eigenvalue weighted by molar-refractivity contribution is 6.04. The van der Waals surface area contributed by atoms with Crippen LogP contribution in [0.15, 0.2) is 28.3 Å².